The number of alkyl halides is 16. The Morgan fingerprint density at radius 3 is 1.57 bits per heavy atom. The van der Waals surface area contributed by atoms with Gasteiger partial charge in [0.15, 0.2) is 0 Å². The van der Waals surface area contributed by atoms with Gasteiger partial charge in [-0.15, -0.1) is 0 Å². The van der Waals surface area contributed by atoms with Crippen molar-refractivity contribution in [3.8, 4) is 0 Å². The molecule has 0 radical (unpaired) electrons. The van der Waals surface area contributed by atoms with Gasteiger partial charge in [0, 0.05) is 12.0 Å². The second-order valence-electron chi connectivity index (χ2n) is 7.32. The lowest BCUT2D eigenvalue weighted by Gasteiger charge is -2.42. The van der Waals surface area contributed by atoms with E-state index in [1.54, 1.807) is 0 Å². The predicted octanol–water partition coefficient (Wildman–Crippen LogP) is 5.59. The largest absolute Gasteiger partial charge is 0.454 e. The smallest absolute Gasteiger partial charge is 0.384 e. The highest BCUT2D eigenvalue weighted by Crippen LogP contribution is 2.63. The van der Waals surface area contributed by atoms with Crippen LogP contribution in [-0.4, -0.2) is 84.9 Å². The van der Waals surface area contributed by atoms with Gasteiger partial charge in [-0.25, -0.2) is 13.6 Å². The molecule has 37 heavy (non-hydrogen) atoms. The molecule has 1 atom stereocenters. The summed E-state index contributed by atoms with van der Waals surface area (Å²) in [6.45, 7) is 0.165. The number of hydrogen-bond donors (Lipinski definition) is 1. The van der Waals surface area contributed by atoms with Crippen molar-refractivity contribution in [1.29, 1.82) is 0 Å². The Morgan fingerprint density at radius 2 is 1.19 bits per heavy atom. The minimum atomic E-state index is -8.46. The van der Waals surface area contributed by atoms with Crippen LogP contribution in [-0.2, 0) is 14.3 Å². The molecular formula is C17H16F16O4. The van der Waals surface area contributed by atoms with E-state index >= 15 is 0 Å². The molecule has 0 aliphatic carbocycles. The first-order valence-electron chi connectivity index (χ1n) is 9.18. The summed E-state index contributed by atoms with van der Waals surface area (Å²) in [5, 5.41) is 8.90. The van der Waals surface area contributed by atoms with Crippen LogP contribution >= 0.6 is 0 Å². The molecule has 220 valence electrons. The molecule has 20 heteroatoms. The van der Waals surface area contributed by atoms with Gasteiger partial charge in [0.1, 0.15) is 6.10 Å². The highest BCUT2D eigenvalue weighted by atomic mass is 19.4. The number of rotatable bonds is 15. The highest BCUT2D eigenvalue weighted by molar-refractivity contribution is 5.87. The summed E-state index contributed by atoms with van der Waals surface area (Å²) in [5.41, 5.74) is -0.263. The first-order valence-corrected chi connectivity index (χ1v) is 9.18. The molecule has 0 aromatic carbocycles. The molecule has 0 aliphatic rings. The molecule has 1 N–H and O–H groups in total. The van der Waals surface area contributed by atoms with Crippen LogP contribution in [0.25, 0.3) is 0 Å². The summed E-state index contributed by atoms with van der Waals surface area (Å²) in [7, 11) is 0. The summed E-state index contributed by atoms with van der Waals surface area (Å²) in [4.78, 5) is 11.2. The zero-order valence-electron chi connectivity index (χ0n) is 17.9. The summed E-state index contributed by atoms with van der Waals surface area (Å²) < 4.78 is 220. The van der Waals surface area contributed by atoms with Gasteiger partial charge >= 0.3 is 53.9 Å². The summed E-state index contributed by atoms with van der Waals surface area (Å²) in [6.07, 6.45) is -10.3. The molecule has 0 aromatic rings. The summed E-state index contributed by atoms with van der Waals surface area (Å²) >= 11 is 0. The van der Waals surface area contributed by atoms with Crippen molar-refractivity contribution in [3.05, 3.63) is 12.2 Å². The maximum absolute atomic E-state index is 13.7. The first-order chi connectivity index (χ1) is 16.2. The number of esters is 1. The van der Waals surface area contributed by atoms with Crippen molar-refractivity contribution in [2.24, 2.45) is 0 Å². The van der Waals surface area contributed by atoms with Crippen molar-refractivity contribution >= 4 is 5.97 Å². The van der Waals surface area contributed by atoms with Gasteiger partial charge in [0.25, 0.3) is 0 Å². The number of ether oxygens (including phenoxy) is 2. The topological polar surface area (TPSA) is 55.8 Å². The van der Waals surface area contributed by atoms with Gasteiger partial charge in [-0.05, 0) is 6.92 Å². The molecule has 0 fully saturated rings. The third-order valence-corrected chi connectivity index (χ3v) is 4.42. The fourth-order valence-electron chi connectivity index (χ4n) is 2.12. The second-order valence-corrected chi connectivity index (χ2v) is 7.32. The predicted molar refractivity (Wildman–Crippen MR) is 87.8 cm³/mol. The van der Waals surface area contributed by atoms with Crippen LogP contribution in [0.3, 0.4) is 0 Å². The van der Waals surface area contributed by atoms with Crippen LogP contribution in [0, 0.1) is 0 Å². The molecule has 0 saturated heterocycles. The Bertz CT molecular complexity index is 811. The zero-order chi connectivity index (χ0) is 30.1. The SMILES string of the molecule is C=C(C)C(=O)OC(CO)COCCC(F)(F)C(F)(F)C(F)(F)C(F)(F)C(F)(F)C(F)(F)C(F)(F)C(F)F. The molecule has 4 nitrogen and oxygen atoms in total. The van der Waals surface area contributed by atoms with Gasteiger partial charge in [-0.1, -0.05) is 6.58 Å². The molecule has 0 aliphatic heterocycles. The molecule has 0 aromatic heterocycles. The van der Waals surface area contributed by atoms with Crippen molar-refractivity contribution in [2.45, 2.75) is 67.3 Å². The number of carbonyl (C=O) groups excluding carboxylic acids is 1. The molecule has 0 rings (SSSR count). The Labute approximate surface area is 196 Å². The van der Waals surface area contributed by atoms with Crippen LogP contribution in [0.4, 0.5) is 70.2 Å². The van der Waals surface area contributed by atoms with Crippen molar-refractivity contribution in [3.63, 3.8) is 0 Å². The zero-order valence-corrected chi connectivity index (χ0v) is 17.9. The Kier molecular flexibility index (Phi) is 10.4. The number of carbonyl (C=O) groups is 1. The summed E-state index contributed by atoms with van der Waals surface area (Å²) in [6, 6.07) is 0. The number of hydrogen-bond acceptors (Lipinski definition) is 4. The van der Waals surface area contributed by atoms with E-state index in [2.05, 4.69) is 16.1 Å². The standard InChI is InChI=1S/C17H16F16O4/c1-7(2)9(35)37-8(5-34)6-36-4-3-11(20,21)13(24,25)15(28,29)17(32,33)16(30,31)14(26,27)12(22,23)10(18)19/h8,10,34H,1,3-6H2,2H3. The fraction of sp³-hybridized carbons (Fsp3) is 0.824. The minimum Gasteiger partial charge on any atom is -0.454 e. The fourth-order valence-corrected chi connectivity index (χ4v) is 2.12. The van der Waals surface area contributed by atoms with Crippen LogP contribution in [0.15, 0.2) is 12.2 Å². The lowest BCUT2D eigenvalue weighted by atomic mass is 9.88. The van der Waals surface area contributed by atoms with E-state index in [9.17, 15) is 75.0 Å². The molecule has 0 spiro atoms. The molecule has 1 unspecified atom stereocenters. The third kappa shape index (κ3) is 6.03. The van der Waals surface area contributed by atoms with Crippen LogP contribution in [0.2, 0.25) is 0 Å². The van der Waals surface area contributed by atoms with Gasteiger partial charge in [-0.2, -0.15) is 61.5 Å². The van der Waals surface area contributed by atoms with Crippen molar-refractivity contribution in [1.82, 2.24) is 0 Å². The van der Waals surface area contributed by atoms with Crippen molar-refractivity contribution < 1.29 is 89.6 Å². The van der Waals surface area contributed by atoms with E-state index in [-0.39, 0.29) is 5.57 Å². The quantitative estimate of drug-likeness (QED) is 0.118. The molecule has 0 heterocycles. The Morgan fingerprint density at radius 1 is 0.784 bits per heavy atom. The molecule has 0 bridgehead atoms. The Balaban J connectivity index is 5.88. The van der Waals surface area contributed by atoms with Crippen molar-refractivity contribution in [2.75, 3.05) is 19.8 Å². The minimum absolute atomic E-state index is 0.263. The van der Waals surface area contributed by atoms with Gasteiger partial charge < -0.3 is 14.6 Å². The van der Waals surface area contributed by atoms with E-state index in [1.165, 1.54) is 0 Å². The molecule has 0 saturated carbocycles. The van der Waals surface area contributed by atoms with E-state index < -0.39 is 86.2 Å². The van der Waals surface area contributed by atoms with Gasteiger partial charge in [-0.3, -0.25) is 0 Å². The Hall–Kier alpha value is -1.99. The second kappa shape index (κ2) is 11.0. The third-order valence-electron chi connectivity index (χ3n) is 4.42. The highest BCUT2D eigenvalue weighted by Gasteiger charge is 2.93. The maximum Gasteiger partial charge on any atom is 0.384 e. The number of halogens is 16. The lowest BCUT2D eigenvalue weighted by molar-refractivity contribution is -0.447. The van der Waals surface area contributed by atoms with Gasteiger partial charge in [0.05, 0.1) is 19.8 Å². The van der Waals surface area contributed by atoms with Crippen LogP contribution in [0.5, 0.6) is 0 Å². The van der Waals surface area contributed by atoms with E-state index in [0.717, 1.165) is 6.92 Å². The monoisotopic (exact) mass is 588 g/mol. The average molecular weight is 588 g/mol. The number of aliphatic hydroxyl groups is 1. The van der Waals surface area contributed by atoms with Gasteiger partial charge in [0.2, 0.25) is 0 Å². The molecule has 0 amide bonds. The average Bonchev–Trinajstić information content (AvgIpc) is 2.74. The normalized spacial score (nSPS) is 15.6. The van der Waals surface area contributed by atoms with Crippen LogP contribution in [0.1, 0.15) is 13.3 Å². The van der Waals surface area contributed by atoms with E-state index in [0.29, 0.717) is 0 Å². The summed E-state index contributed by atoms with van der Waals surface area (Å²) in [5.74, 6) is -56.2. The van der Waals surface area contributed by atoms with Crippen LogP contribution < -0.4 is 0 Å². The van der Waals surface area contributed by atoms with E-state index in [1.807, 2.05) is 0 Å². The number of aliphatic hydroxyl groups excluding tert-OH is 1. The maximum atomic E-state index is 13.7. The first kappa shape index (κ1) is 35.0. The lowest BCUT2D eigenvalue weighted by Crippen LogP contribution is -2.73. The molecular weight excluding hydrogens is 572 g/mol. The van der Waals surface area contributed by atoms with E-state index in [4.69, 9.17) is 5.11 Å².